The Morgan fingerprint density at radius 2 is 1.25 bits per heavy atom. The highest BCUT2D eigenvalue weighted by Gasteiger charge is 1.88. The van der Waals surface area contributed by atoms with E-state index >= 15 is 0 Å². The highest BCUT2D eigenvalue weighted by Crippen LogP contribution is 1.90. The Hall–Kier alpha value is -0.610. The maximum absolute atomic E-state index is 8.95. The Bertz CT molecular complexity index is 108. The van der Waals surface area contributed by atoms with Gasteiger partial charge in [0.25, 0.3) is 6.47 Å². The molecule has 0 aromatic rings. The molecule has 0 heterocycles. The summed E-state index contributed by atoms with van der Waals surface area (Å²) in [7, 11) is 1.31. The fourth-order valence-electron chi connectivity index (χ4n) is 0.815. The molecule has 4 nitrogen and oxygen atoms in total. The van der Waals surface area contributed by atoms with Crippen molar-refractivity contribution in [2.24, 2.45) is 0 Å². The van der Waals surface area contributed by atoms with Crippen molar-refractivity contribution >= 4 is 6.47 Å². The molecule has 0 N–H and O–H groups in total. The summed E-state index contributed by atoms with van der Waals surface area (Å²) >= 11 is 0. The van der Waals surface area contributed by atoms with Gasteiger partial charge in [0, 0.05) is 13.2 Å². The van der Waals surface area contributed by atoms with Crippen molar-refractivity contribution in [1.29, 1.82) is 0 Å². The molecule has 98 valence electrons. The smallest absolute Gasteiger partial charge is 0.292 e. The van der Waals surface area contributed by atoms with E-state index in [4.69, 9.17) is 14.3 Å². The number of ether oxygens (including phenoxy) is 3. The third-order valence-electron chi connectivity index (χ3n) is 1.75. The number of carbonyl (C=O) groups is 1. The molecule has 0 radical (unpaired) electrons. The van der Waals surface area contributed by atoms with E-state index in [-0.39, 0.29) is 0 Å². The molecule has 0 aromatic carbocycles. The average Bonchev–Trinajstić information content (AvgIpc) is 2.33. The fourth-order valence-corrected chi connectivity index (χ4v) is 0.815. The van der Waals surface area contributed by atoms with Crippen LogP contribution in [0.15, 0.2) is 0 Å². The van der Waals surface area contributed by atoms with E-state index in [1.807, 2.05) is 0 Å². The minimum absolute atomic E-state index is 0.375. The van der Waals surface area contributed by atoms with Crippen LogP contribution in [0.4, 0.5) is 0 Å². The molecular formula is C12H26O4. The minimum Gasteiger partial charge on any atom is -0.471 e. The SMILES string of the molecule is CCCCOCCOCCCC.COC=O. The van der Waals surface area contributed by atoms with Crippen LogP contribution < -0.4 is 0 Å². The van der Waals surface area contributed by atoms with Crippen molar-refractivity contribution in [2.45, 2.75) is 39.5 Å². The molecule has 0 saturated carbocycles. The summed E-state index contributed by atoms with van der Waals surface area (Å²) in [5.41, 5.74) is 0. The standard InChI is InChI=1S/C10H22O2.C2H4O2/c1-3-5-7-11-9-10-12-8-6-4-2;1-4-2-3/h3-10H2,1-2H3;2H,1H3. The van der Waals surface area contributed by atoms with Gasteiger partial charge in [-0.1, -0.05) is 26.7 Å². The number of hydrogen-bond acceptors (Lipinski definition) is 4. The van der Waals surface area contributed by atoms with Gasteiger partial charge < -0.3 is 14.2 Å². The first-order chi connectivity index (χ1) is 7.83. The van der Waals surface area contributed by atoms with Gasteiger partial charge in [-0.3, -0.25) is 4.79 Å². The molecule has 0 aromatic heterocycles. The van der Waals surface area contributed by atoms with E-state index in [0.29, 0.717) is 6.47 Å². The predicted octanol–water partition coefficient (Wildman–Crippen LogP) is 2.41. The Kier molecular flexibility index (Phi) is 22.1. The summed E-state index contributed by atoms with van der Waals surface area (Å²) in [6.07, 6.45) is 4.73. The first kappa shape index (κ1) is 17.8. The van der Waals surface area contributed by atoms with Crippen LogP contribution in [0.5, 0.6) is 0 Å². The average molecular weight is 234 g/mol. The monoisotopic (exact) mass is 234 g/mol. The zero-order valence-electron chi connectivity index (χ0n) is 10.9. The van der Waals surface area contributed by atoms with Gasteiger partial charge in [0.15, 0.2) is 0 Å². The van der Waals surface area contributed by atoms with Crippen LogP contribution in [0.3, 0.4) is 0 Å². The fraction of sp³-hybridized carbons (Fsp3) is 0.917. The summed E-state index contributed by atoms with van der Waals surface area (Å²) in [6.45, 7) is 7.98. The predicted molar refractivity (Wildman–Crippen MR) is 64.5 cm³/mol. The maximum Gasteiger partial charge on any atom is 0.292 e. The Labute approximate surface area is 99.3 Å². The van der Waals surface area contributed by atoms with Gasteiger partial charge in [0.1, 0.15) is 0 Å². The van der Waals surface area contributed by atoms with Crippen LogP contribution in [0.25, 0.3) is 0 Å². The van der Waals surface area contributed by atoms with E-state index in [2.05, 4.69) is 18.6 Å². The molecule has 0 unspecified atom stereocenters. The lowest BCUT2D eigenvalue weighted by molar-refractivity contribution is -0.126. The molecule has 4 heteroatoms. The molecule has 0 saturated heterocycles. The van der Waals surface area contributed by atoms with Crippen LogP contribution >= 0.6 is 0 Å². The summed E-state index contributed by atoms with van der Waals surface area (Å²) < 4.78 is 14.5. The lowest BCUT2D eigenvalue weighted by Gasteiger charge is -2.03. The lowest BCUT2D eigenvalue weighted by Crippen LogP contribution is -2.05. The second-order valence-electron chi connectivity index (χ2n) is 3.26. The zero-order chi connectivity index (χ0) is 12.5. The Morgan fingerprint density at radius 3 is 1.50 bits per heavy atom. The number of methoxy groups -OCH3 is 1. The molecule has 0 aliphatic heterocycles. The van der Waals surface area contributed by atoms with E-state index in [0.717, 1.165) is 39.3 Å². The highest BCUT2D eigenvalue weighted by molar-refractivity contribution is 5.36. The van der Waals surface area contributed by atoms with Gasteiger partial charge in [-0.25, -0.2) is 0 Å². The molecule has 0 atom stereocenters. The number of carbonyl (C=O) groups excluding carboxylic acids is 1. The topological polar surface area (TPSA) is 44.8 Å². The van der Waals surface area contributed by atoms with Crippen molar-refractivity contribution in [1.82, 2.24) is 0 Å². The van der Waals surface area contributed by atoms with Crippen molar-refractivity contribution in [3.05, 3.63) is 0 Å². The molecule has 0 spiro atoms. The second-order valence-corrected chi connectivity index (χ2v) is 3.26. The molecule has 0 aliphatic carbocycles. The summed E-state index contributed by atoms with van der Waals surface area (Å²) in [4.78, 5) is 8.95. The van der Waals surface area contributed by atoms with Crippen molar-refractivity contribution in [3.63, 3.8) is 0 Å². The molecule has 0 fully saturated rings. The van der Waals surface area contributed by atoms with Crippen molar-refractivity contribution in [2.75, 3.05) is 33.5 Å². The third kappa shape index (κ3) is 23.3. The second kappa shape index (κ2) is 19.9. The third-order valence-corrected chi connectivity index (χ3v) is 1.75. The van der Waals surface area contributed by atoms with E-state index < -0.39 is 0 Å². The van der Waals surface area contributed by atoms with Gasteiger partial charge in [0.2, 0.25) is 0 Å². The van der Waals surface area contributed by atoms with Crippen LogP contribution in [-0.2, 0) is 19.0 Å². The minimum atomic E-state index is 0.375. The molecule has 0 amide bonds. The van der Waals surface area contributed by atoms with E-state index in [9.17, 15) is 0 Å². The van der Waals surface area contributed by atoms with Crippen LogP contribution in [0, 0.1) is 0 Å². The van der Waals surface area contributed by atoms with Crippen LogP contribution in [-0.4, -0.2) is 40.0 Å². The van der Waals surface area contributed by atoms with Gasteiger partial charge in [-0.05, 0) is 12.8 Å². The van der Waals surface area contributed by atoms with Gasteiger partial charge in [-0.15, -0.1) is 0 Å². The van der Waals surface area contributed by atoms with Gasteiger partial charge in [0.05, 0.1) is 20.3 Å². The molecule has 0 aliphatic rings. The molecular weight excluding hydrogens is 208 g/mol. The number of rotatable bonds is 10. The van der Waals surface area contributed by atoms with Gasteiger partial charge in [-0.2, -0.15) is 0 Å². The van der Waals surface area contributed by atoms with Crippen LogP contribution in [0.1, 0.15) is 39.5 Å². The van der Waals surface area contributed by atoms with Crippen molar-refractivity contribution < 1.29 is 19.0 Å². The molecule has 16 heavy (non-hydrogen) atoms. The van der Waals surface area contributed by atoms with E-state index in [1.54, 1.807) is 0 Å². The highest BCUT2D eigenvalue weighted by atomic mass is 16.5. The zero-order valence-corrected chi connectivity index (χ0v) is 10.9. The van der Waals surface area contributed by atoms with Crippen LogP contribution in [0.2, 0.25) is 0 Å². The summed E-state index contributed by atoms with van der Waals surface area (Å²) in [5.74, 6) is 0. The largest absolute Gasteiger partial charge is 0.471 e. The summed E-state index contributed by atoms with van der Waals surface area (Å²) in [6, 6.07) is 0. The Balaban J connectivity index is 0. The summed E-state index contributed by atoms with van der Waals surface area (Å²) in [5, 5.41) is 0. The quantitative estimate of drug-likeness (QED) is 0.430. The van der Waals surface area contributed by atoms with Crippen molar-refractivity contribution in [3.8, 4) is 0 Å². The van der Waals surface area contributed by atoms with Gasteiger partial charge >= 0.3 is 0 Å². The Morgan fingerprint density at radius 1 is 0.875 bits per heavy atom. The number of hydrogen-bond donors (Lipinski definition) is 0. The van der Waals surface area contributed by atoms with E-state index in [1.165, 1.54) is 20.0 Å². The number of unbranched alkanes of at least 4 members (excludes halogenated alkanes) is 2. The first-order valence-electron chi connectivity index (χ1n) is 5.95. The molecule has 0 rings (SSSR count). The maximum atomic E-state index is 8.95. The first-order valence-corrected chi connectivity index (χ1v) is 5.95. The normalized spacial score (nSPS) is 9.19. The lowest BCUT2D eigenvalue weighted by atomic mass is 10.4. The molecule has 0 bridgehead atoms.